The van der Waals surface area contributed by atoms with Crippen LogP contribution in [-0.4, -0.2) is 50.3 Å². The van der Waals surface area contributed by atoms with Crippen LogP contribution in [0.15, 0.2) is 0 Å². The maximum atomic E-state index is 5.21. The third-order valence-corrected chi connectivity index (χ3v) is 3.13. The van der Waals surface area contributed by atoms with Crippen molar-refractivity contribution in [3.63, 3.8) is 0 Å². The van der Waals surface area contributed by atoms with Gasteiger partial charge in [0.1, 0.15) is 0 Å². The highest BCUT2D eigenvalue weighted by molar-refractivity contribution is 4.77. The van der Waals surface area contributed by atoms with E-state index >= 15 is 0 Å². The van der Waals surface area contributed by atoms with Gasteiger partial charge < -0.3 is 15.0 Å². The van der Waals surface area contributed by atoms with E-state index in [2.05, 4.69) is 24.1 Å². The van der Waals surface area contributed by atoms with Crippen molar-refractivity contribution in [3.8, 4) is 0 Å². The molecule has 1 aliphatic rings. The second kappa shape index (κ2) is 6.38. The summed E-state index contributed by atoms with van der Waals surface area (Å²) in [4.78, 5) is 2.51. The summed E-state index contributed by atoms with van der Waals surface area (Å²) in [6.07, 6.45) is 2.90. The number of hydrogen-bond acceptors (Lipinski definition) is 3. The summed E-state index contributed by atoms with van der Waals surface area (Å²) in [6, 6.07) is 0.704. The molecular weight excluding hydrogens is 176 g/mol. The van der Waals surface area contributed by atoms with Crippen LogP contribution >= 0.6 is 0 Å². The molecule has 3 heteroatoms. The average Bonchev–Trinajstić information content (AvgIpc) is 2.26. The fraction of sp³-hybridized carbons (Fsp3) is 1.00. The lowest BCUT2D eigenvalue weighted by Crippen LogP contribution is -2.44. The van der Waals surface area contributed by atoms with Crippen LogP contribution in [0.5, 0.6) is 0 Å². The molecule has 1 heterocycles. The van der Waals surface area contributed by atoms with Crippen molar-refractivity contribution in [3.05, 3.63) is 0 Å². The third kappa shape index (κ3) is 3.95. The number of likely N-dealkylation sites (tertiary alicyclic amines) is 1. The van der Waals surface area contributed by atoms with Gasteiger partial charge in [0.2, 0.25) is 0 Å². The molecule has 0 aromatic rings. The summed E-state index contributed by atoms with van der Waals surface area (Å²) in [5.74, 6) is 0. The van der Waals surface area contributed by atoms with Gasteiger partial charge in [0.05, 0.1) is 6.10 Å². The summed E-state index contributed by atoms with van der Waals surface area (Å²) in [5, 5.41) is 3.57. The molecule has 0 amide bonds. The molecule has 1 unspecified atom stereocenters. The molecule has 0 radical (unpaired) electrons. The molecule has 1 N–H and O–H groups in total. The monoisotopic (exact) mass is 200 g/mol. The lowest BCUT2D eigenvalue weighted by Gasteiger charge is -2.32. The molecule has 0 bridgehead atoms. The normalized spacial score (nSPS) is 22.5. The quantitative estimate of drug-likeness (QED) is 0.719. The van der Waals surface area contributed by atoms with Crippen molar-refractivity contribution in [1.29, 1.82) is 0 Å². The zero-order valence-electron chi connectivity index (χ0n) is 9.75. The van der Waals surface area contributed by atoms with Crippen LogP contribution in [0.3, 0.4) is 0 Å². The third-order valence-electron chi connectivity index (χ3n) is 3.13. The topological polar surface area (TPSA) is 24.5 Å². The van der Waals surface area contributed by atoms with Crippen molar-refractivity contribution in [2.24, 2.45) is 0 Å². The van der Waals surface area contributed by atoms with Crippen molar-refractivity contribution in [2.75, 3.05) is 33.3 Å². The minimum atomic E-state index is 0.333. The minimum absolute atomic E-state index is 0.333. The number of hydrogen-bond donors (Lipinski definition) is 1. The first-order valence-electron chi connectivity index (χ1n) is 5.74. The summed E-state index contributed by atoms with van der Waals surface area (Å²) < 4.78 is 5.21. The Morgan fingerprint density at radius 1 is 1.43 bits per heavy atom. The number of piperidine rings is 1. The van der Waals surface area contributed by atoms with Gasteiger partial charge in [-0.25, -0.2) is 0 Å². The highest BCUT2D eigenvalue weighted by atomic mass is 16.5. The molecule has 84 valence electrons. The average molecular weight is 200 g/mol. The maximum absolute atomic E-state index is 5.21. The number of nitrogens with zero attached hydrogens (tertiary/aromatic N) is 1. The van der Waals surface area contributed by atoms with Crippen molar-refractivity contribution >= 4 is 0 Å². The van der Waals surface area contributed by atoms with Gasteiger partial charge >= 0.3 is 0 Å². The van der Waals surface area contributed by atoms with E-state index in [4.69, 9.17) is 4.74 Å². The summed E-state index contributed by atoms with van der Waals surface area (Å²) in [5.41, 5.74) is 0. The number of rotatable bonds is 5. The molecule has 0 spiro atoms. The number of nitrogens with one attached hydrogen (secondary N) is 1. The van der Waals surface area contributed by atoms with Crippen LogP contribution in [0.1, 0.15) is 26.7 Å². The summed E-state index contributed by atoms with van der Waals surface area (Å²) in [6.45, 7) is 9.01. The van der Waals surface area contributed by atoms with Gasteiger partial charge in [-0.15, -0.1) is 0 Å². The lowest BCUT2D eigenvalue weighted by atomic mass is 10.1. The smallest absolute Gasteiger partial charge is 0.0667 e. The molecule has 1 atom stereocenters. The van der Waals surface area contributed by atoms with Crippen LogP contribution in [0.2, 0.25) is 0 Å². The van der Waals surface area contributed by atoms with Gasteiger partial charge in [0, 0.05) is 19.7 Å². The Morgan fingerprint density at radius 2 is 2.07 bits per heavy atom. The highest BCUT2D eigenvalue weighted by Gasteiger charge is 2.17. The van der Waals surface area contributed by atoms with E-state index in [0.29, 0.717) is 12.1 Å². The molecule has 14 heavy (non-hydrogen) atoms. The maximum Gasteiger partial charge on any atom is 0.0667 e. The Hall–Kier alpha value is -0.120. The SMILES string of the molecule is CCN1CCC(NCC(C)OC)CC1. The van der Waals surface area contributed by atoms with Crippen LogP contribution in [0.25, 0.3) is 0 Å². The Kier molecular flexibility index (Phi) is 5.45. The van der Waals surface area contributed by atoms with E-state index < -0.39 is 0 Å². The highest BCUT2D eigenvalue weighted by Crippen LogP contribution is 2.09. The van der Waals surface area contributed by atoms with Crippen molar-refractivity contribution < 1.29 is 4.74 Å². The van der Waals surface area contributed by atoms with Gasteiger partial charge in [-0.05, 0) is 39.4 Å². The first-order valence-corrected chi connectivity index (χ1v) is 5.74. The van der Waals surface area contributed by atoms with E-state index in [0.717, 1.165) is 6.54 Å². The fourth-order valence-electron chi connectivity index (χ4n) is 1.87. The van der Waals surface area contributed by atoms with E-state index in [9.17, 15) is 0 Å². The van der Waals surface area contributed by atoms with Crippen LogP contribution in [0, 0.1) is 0 Å². The zero-order chi connectivity index (χ0) is 10.4. The standard InChI is InChI=1S/C11H24N2O/c1-4-13-7-5-11(6-8-13)12-9-10(2)14-3/h10-12H,4-9H2,1-3H3. The summed E-state index contributed by atoms with van der Waals surface area (Å²) in [7, 11) is 1.77. The van der Waals surface area contributed by atoms with E-state index in [1.54, 1.807) is 7.11 Å². The Balaban J connectivity index is 2.10. The van der Waals surface area contributed by atoms with Crippen molar-refractivity contribution in [1.82, 2.24) is 10.2 Å². The predicted molar refractivity (Wildman–Crippen MR) is 59.6 cm³/mol. The molecule has 0 aromatic heterocycles. The molecular formula is C11H24N2O. The van der Waals surface area contributed by atoms with Gasteiger partial charge in [0.15, 0.2) is 0 Å². The zero-order valence-corrected chi connectivity index (χ0v) is 9.75. The van der Waals surface area contributed by atoms with Gasteiger partial charge in [-0.3, -0.25) is 0 Å². The Bertz CT molecular complexity index is 144. The molecule has 1 fully saturated rings. The Labute approximate surface area is 87.8 Å². The molecule has 0 saturated carbocycles. The van der Waals surface area contributed by atoms with Crippen LogP contribution < -0.4 is 5.32 Å². The number of methoxy groups -OCH3 is 1. The van der Waals surface area contributed by atoms with E-state index in [-0.39, 0.29) is 0 Å². The van der Waals surface area contributed by atoms with E-state index in [1.165, 1.54) is 32.5 Å². The first kappa shape index (κ1) is 12.0. The Morgan fingerprint density at radius 3 is 2.57 bits per heavy atom. The van der Waals surface area contributed by atoms with Gasteiger partial charge in [-0.1, -0.05) is 6.92 Å². The molecule has 1 rings (SSSR count). The predicted octanol–water partition coefficient (Wildman–Crippen LogP) is 1.10. The minimum Gasteiger partial charge on any atom is -0.380 e. The number of ether oxygens (including phenoxy) is 1. The molecule has 0 aliphatic carbocycles. The second-order valence-corrected chi connectivity index (χ2v) is 4.16. The molecule has 3 nitrogen and oxygen atoms in total. The largest absolute Gasteiger partial charge is 0.380 e. The van der Waals surface area contributed by atoms with Gasteiger partial charge in [0.25, 0.3) is 0 Å². The lowest BCUT2D eigenvalue weighted by molar-refractivity contribution is 0.108. The van der Waals surface area contributed by atoms with E-state index in [1.807, 2.05) is 0 Å². The second-order valence-electron chi connectivity index (χ2n) is 4.16. The van der Waals surface area contributed by atoms with Crippen LogP contribution in [0.4, 0.5) is 0 Å². The molecule has 1 aliphatic heterocycles. The first-order chi connectivity index (χ1) is 6.76. The van der Waals surface area contributed by atoms with Crippen LogP contribution in [-0.2, 0) is 4.74 Å². The molecule has 0 aromatic carbocycles. The van der Waals surface area contributed by atoms with Crippen molar-refractivity contribution in [2.45, 2.75) is 38.8 Å². The fourth-order valence-corrected chi connectivity index (χ4v) is 1.87. The molecule has 1 saturated heterocycles. The van der Waals surface area contributed by atoms with Gasteiger partial charge in [-0.2, -0.15) is 0 Å². The summed E-state index contributed by atoms with van der Waals surface area (Å²) >= 11 is 0.